The molecule has 2 saturated heterocycles. The molecule has 7 heteroatoms. The number of benzene rings is 2. The highest BCUT2D eigenvalue weighted by molar-refractivity contribution is 7.13. The highest BCUT2D eigenvalue weighted by atomic mass is 32.1. The van der Waals surface area contributed by atoms with Crippen LogP contribution < -0.4 is 4.90 Å². The van der Waals surface area contributed by atoms with Gasteiger partial charge in [-0.2, -0.15) is 0 Å². The fraction of sp³-hybridized carbons (Fsp3) is 0.444. The van der Waals surface area contributed by atoms with Crippen LogP contribution in [0.15, 0.2) is 54.0 Å². The van der Waals surface area contributed by atoms with Crippen LogP contribution in [0.4, 0.5) is 5.13 Å². The van der Waals surface area contributed by atoms with E-state index in [9.17, 15) is 9.59 Å². The van der Waals surface area contributed by atoms with Crippen molar-refractivity contribution in [2.45, 2.75) is 44.2 Å². The zero-order chi connectivity index (χ0) is 23.1. The highest BCUT2D eigenvalue weighted by Crippen LogP contribution is 2.41. The quantitative estimate of drug-likeness (QED) is 0.564. The Bertz CT molecular complexity index is 1190. The number of carbonyl (C=O) groups excluding carboxylic acids is 2. The molecule has 2 amide bonds. The number of carbonyl (C=O) groups is 2. The molecule has 1 aromatic heterocycles. The molecule has 6 rings (SSSR count). The molecule has 3 atom stereocenters. The van der Waals surface area contributed by atoms with Crippen molar-refractivity contribution in [1.29, 1.82) is 0 Å². The Morgan fingerprint density at radius 3 is 2.53 bits per heavy atom. The molecule has 3 heterocycles. The average molecular weight is 475 g/mol. The lowest BCUT2D eigenvalue weighted by molar-refractivity contribution is -0.136. The summed E-state index contributed by atoms with van der Waals surface area (Å²) in [5.41, 5.74) is 0.691. The smallest absolute Gasteiger partial charge is 0.254 e. The Morgan fingerprint density at radius 2 is 1.74 bits per heavy atom. The first-order valence-corrected chi connectivity index (χ1v) is 13.3. The number of rotatable bonds is 3. The minimum Gasteiger partial charge on any atom is -0.345 e. The summed E-state index contributed by atoms with van der Waals surface area (Å²) >= 11 is 1.64. The molecular weight excluding hydrogens is 444 g/mol. The summed E-state index contributed by atoms with van der Waals surface area (Å²) in [6, 6.07) is 13.9. The van der Waals surface area contributed by atoms with Crippen molar-refractivity contribution in [2.24, 2.45) is 5.92 Å². The van der Waals surface area contributed by atoms with E-state index in [-0.39, 0.29) is 23.9 Å². The Kier molecular flexibility index (Phi) is 5.73. The molecule has 3 aliphatic rings. The second kappa shape index (κ2) is 9.02. The number of thiazole rings is 1. The van der Waals surface area contributed by atoms with Crippen LogP contribution in [-0.2, 0) is 4.79 Å². The van der Waals surface area contributed by atoms with Crippen LogP contribution in [0, 0.1) is 5.92 Å². The summed E-state index contributed by atoms with van der Waals surface area (Å²) in [6.07, 6.45) is 7.09. The number of piperazine rings is 1. The van der Waals surface area contributed by atoms with Gasteiger partial charge in [0.1, 0.15) is 6.04 Å². The number of aromatic nitrogens is 1. The molecular formula is C27H30N4O2S. The molecule has 0 bridgehead atoms. The maximum Gasteiger partial charge on any atom is 0.254 e. The molecule has 6 nitrogen and oxygen atoms in total. The van der Waals surface area contributed by atoms with E-state index in [2.05, 4.69) is 16.0 Å². The van der Waals surface area contributed by atoms with Crippen LogP contribution in [0.3, 0.4) is 0 Å². The lowest BCUT2D eigenvalue weighted by atomic mass is 9.84. The summed E-state index contributed by atoms with van der Waals surface area (Å²) in [7, 11) is 0. The van der Waals surface area contributed by atoms with Crippen LogP contribution >= 0.6 is 11.3 Å². The lowest BCUT2D eigenvalue weighted by Crippen LogP contribution is -2.55. The Balaban J connectivity index is 1.24. The SMILES string of the molecule is O=C([C@@H]1C[C@@H]2CCCC[C@@H]2N1C(=O)c1ccc2ccccc2c1)N1CCN(c2nccs2)CC1. The van der Waals surface area contributed by atoms with Gasteiger partial charge in [0.15, 0.2) is 5.13 Å². The topological polar surface area (TPSA) is 56.8 Å². The van der Waals surface area contributed by atoms with Gasteiger partial charge in [-0.1, -0.05) is 43.2 Å². The Hall–Kier alpha value is -2.93. The van der Waals surface area contributed by atoms with Gasteiger partial charge in [-0.05, 0) is 48.1 Å². The summed E-state index contributed by atoms with van der Waals surface area (Å²) in [5.74, 6) is 0.575. The van der Waals surface area contributed by atoms with E-state index < -0.39 is 0 Å². The summed E-state index contributed by atoms with van der Waals surface area (Å²) < 4.78 is 0. The number of nitrogens with zero attached hydrogens (tertiary/aromatic N) is 4. The van der Waals surface area contributed by atoms with Gasteiger partial charge in [-0.3, -0.25) is 9.59 Å². The zero-order valence-corrected chi connectivity index (χ0v) is 20.1. The second-order valence-corrected chi connectivity index (χ2v) is 10.6. The molecule has 0 spiro atoms. The molecule has 1 saturated carbocycles. The molecule has 3 fully saturated rings. The fourth-order valence-corrected chi connectivity index (χ4v) is 6.84. The van der Waals surface area contributed by atoms with Crippen LogP contribution in [0.1, 0.15) is 42.5 Å². The zero-order valence-electron chi connectivity index (χ0n) is 19.3. The van der Waals surface area contributed by atoms with E-state index in [1.54, 1.807) is 11.3 Å². The average Bonchev–Trinajstić information content (AvgIpc) is 3.56. The summed E-state index contributed by atoms with van der Waals surface area (Å²) in [6.45, 7) is 2.94. The summed E-state index contributed by atoms with van der Waals surface area (Å²) in [5, 5.41) is 5.20. The first-order valence-electron chi connectivity index (χ1n) is 12.4. The number of hydrogen-bond donors (Lipinski definition) is 0. The van der Waals surface area contributed by atoms with Gasteiger partial charge in [-0.15, -0.1) is 11.3 Å². The normalized spacial score (nSPS) is 24.9. The predicted molar refractivity (Wildman–Crippen MR) is 135 cm³/mol. The molecule has 0 N–H and O–H groups in total. The van der Waals surface area contributed by atoms with Crippen molar-refractivity contribution in [1.82, 2.24) is 14.8 Å². The molecule has 2 aromatic carbocycles. The first kappa shape index (κ1) is 21.6. The van der Waals surface area contributed by atoms with Gasteiger partial charge in [0.05, 0.1) is 0 Å². The van der Waals surface area contributed by atoms with Crippen molar-refractivity contribution < 1.29 is 9.59 Å². The van der Waals surface area contributed by atoms with E-state index in [0.29, 0.717) is 24.6 Å². The number of hydrogen-bond acceptors (Lipinski definition) is 5. The standard InChI is InChI=1S/C27H30N4O2S/c32-25(22-10-9-19-5-1-2-6-20(19)17-22)31-23-8-4-3-7-21(23)18-24(31)26(33)29-12-14-30(15-13-29)27-28-11-16-34-27/h1-2,5-6,9-11,16-17,21,23-24H,3-4,7-8,12-15,18H2/t21-,23-,24-/m0/s1. The molecule has 0 unspecified atom stereocenters. The van der Waals surface area contributed by atoms with Crippen LogP contribution in [0.2, 0.25) is 0 Å². The minimum atomic E-state index is -0.349. The monoisotopic (exact) mass is 474 g/mol. The molecule has 3 aromatic rings. The highest BCUT2D eigenvalue weighted by Gasteiger charge is 2.48. The van der Waals surface area contributed by atoms with E-state index >= 15 is 0 Å². The van der Waals surface area contributed by atoms with Crippen LogP contribution in [0.25, 0.3) is 10.8 Å². The maximum absolute atomic E-state index is 13.9. The second-order valence-electron chi connectivity index (χ2n) is 9.76. The van der Waals surface area contributed by atoms with Crippen LogP contribution in [-0.4, -0.2) is 64.9 Å². The molecule has 176 valence electrons. The van der Waals surface area contributed by atoms with E-state index in [0.717, 1.165) is 54.7 Å². The third-order valence-corrected chi connectivity index (χ3v) is 8.72. The van der Waals surface area contributed by atoms with E-state index in [4.69, 9.17) is 0 Å². The number of amides is 2. The minimum absolute atomic E-state index is 0.0138. The molecule has 1 aliphatic carbocycles. The third-order valence-electron chi connectivity index (χ3n) is 7.89. The van der Waals surface area contributed by atoms with Crippen molar-refractivity contribution in [3.8, 4) is 0 Å². The van der Waals surface area contributed by atoms with Gasteiger partial charge in [0.25, 0.3) is 5.91 Å². The fourth-order valence-electron chi connectivity index (χ4n) is 6.15. The largest absolute Gasteiger partial charge is 0.345 e. The lowest BCUT2D eigenvalue weighted by Gasteiger charge is -2.38. The van der Waals surface area contributed by atoms with Gasteiger partial charge >= 0.3 is 0 Å². The number of fused-ring (bicyclic) bond motifs is 2. The van der Waals surface area contributed by atoms with Crippen LogP contribution in [0.5, 0.6) is 0 Å². The first-order chi connectivity index (χ1) is 16.7. The molecule has 0 radical (unpaired) electrons. The third kappa shape index (κ3) is 3.86. The van der Waals surface area contributed by atoms with Gasteiger partial charge in [0.2, 0.25) is 5.91 Å². The van der Waals surface area contributed by atoms with E-state index in [1.807, 2.05) is 57.8 Å². The maximum atomic E-state index is 13.9. The van der Waals surface area contributed by atoms with Gasteiger partial charge < -0.3 is 14.7 Å². The van der Waals surface area contributed by atoms with Gasteiger partial charge in [-0.25, -0.2) is 4.98 Å². The van der Waals surface area contributed by atoms with Crippen molar-refractivity contribution in [3.63, 3.8) is 0 Å². The van der Waals surface area contributed by atoms with Crippen molar-refractivity contribution >= 4 is 39.1 Å². The predicted octanol–water partition coefficient (Wildman–Crippen LogP) is 4.42. The Morgan fingerprint density at radius 1 is 0.941 bits per heavy atom. The van der Waals surface area contributed by atoms with Crippen molar-refractivity contribution in [2.75, 3.05) is 31.1 Å². The molecule has 2 aliphatic heterocycles. The van der Waals surface area contributed by atoms with Crippen molar-refractivity contribution in [3.05, 3.63) is 59.6 Å². The van der Waals surface area contributed by atoms with E-state index in [1.165, 1.54) is 6.42 Å². The number of likely N-dealkylation sites (tertiary alicyclic amines) is 1. The Labute approximate surface area is 204 Å². The number of anilines is 1. The summed E-state index contributed by atoms with van der Waals surface area (Å²) in [4.78, 5) is 38.3. The van der Waals surface area contributed by atoms with Gasteiger partial charge in [0, 0.05) is 49.4 Å². The molecule has 34 heavy (non-hydrogen) atoms.